The van der Waals surface area contributed by atoms with Crippen LogP contribution < -0.4 is 0 Å². The number of carboxylic acids is 1. The molecule has 0 aromatic heterocycles. The zero-order chi connectivity index (χ0) is 21.6. The molecule has 3 rings (SSSR count). The van der Waals surface area contributed by atoms with E-state index in [0.717, 1.165) is 11.1 Å². The zero-order valence-electron chi connectivity index (χ0n) is 17.4. The summed E-state index contributed by atoms with van der Waals surface area (Å²) in [6.45, 7) is 9.56. The number of rotatable bonds is 4. The van der Waals surface area contributed by atoms with Crippen LogP contribution in [0.3, 0.4) is 0 Å². The summed E-state index contributed by atoms with van der Waals surface area (Å²) in [5.41, 5.74) is 2.15. The molecule has 0 aliphatic carbocycles. The van der Waals surface area contributed by atoms with Crippen LogP contribution in [0.5, 0.6) is 0 Å². The predicted octanol–water partition coefficient (Wildman–Crippen LogP) is 4.47. The molecule has 2 aromatic rings. The van der Waals surface area contributed by atoms with Crippen LogP contribution in [0.2, 0.25) is 0 Å². The molecule has 0 amide bonds. The van der Waals surface area contributed by atoms with Crippen LogP contribution >= 0.6 is 0 Å². The number of aliphatic carboxylic acids is 1. The van der Waals surface area contributed by atoms with Crippen LogP contribution in [0.25, 0.3) is 0 Å². The van der Waals surface area contributed by atoms with Gasteiger partial charge in [-0.2, -0.15) is 4.31 Å². The maximum atomic E-state index is 13.7. The van der Waals surface area contributed by atoms with Gasteiger partial charge in [0, 0.05) is 6.04 Å². The molecular formula is C23H27NO4S. The van der Waals surface area contributed by atoms with Crippen molar-refractivity contribution < 1.29 is 18.3 Å². The standard InChI is InChI=1S/C23H27NO4S/c1-15-9-11-18(12-10-15)29(27,28)24-20(23(3,4)5)14-19(22(25)26)21(24)17-8-6-7-16(2)13-17/h6-14,20-21H,1-5H3,(H,25,26)/t20-,21-/m0/s1. The molecule has 0 unspecified atom stereocenters. The molecule has 1 heterocycles. The Labute approximate surface area is 172 Å². The summed E-state index contributed by atoms with van der Waals surface area (Å²) in [7, 11) is -3.95. The molecule has 0 radical (unpaired) electrons. The van der Waals surface area contributed by atoms with Crippen LogP contribution in [-0.4, -0.2) is 29.8 Å². The molecule has 0 fully saturated rings. The molecule has 5 nitrogen and oxygen atoms in total. The number of benzene rings is 2. The number of sulfonamides is 1. The molecular weight excluding hydrogens is 386 g/mol. The Hall–Kier alpha value is -2.44. The lowest BCUT2D eigenvalue weighted by Crippen LogP contribution is -2.45. The van der Waals surface area contributed by atoms with E-state index >= 15 is 0 Å². The smallest absolute Gasteiger partial charge is 0.333 e. The molecule has 0 spiro atoms. The van der Waals surface area contributed by atoms with Crippen molar-refractivity contribution in [2.75, 3.05) is 0 Å². The number of nitrogens with zero attached hydrogens (tertiary/aromatic N) is 1. The Bertz CT molecular complexity index is 1060. The molecule has 2 aromatic carbocycles. The third-order valence-corrected chi connectivity index (χ3v) is 7.11. The third kappa shape index (κ3) is 4.00. The Morgan fingerprint density at radius 2 is 1.62 bits per heavy atom. The Morgan fingerprint density at radius 3 is 2.14 bits per heavy atom. The quantitative estimate of drug-likeness (QED) is 0.802. The van der Waals surface area contributed by atoms with Crippen molar-refractivity contribution in [2.24, 2.45) is 5.41 Å². The summed E-state index contributed by atoms with van der Waals surface area (Å²) in [5, 5.41) is 9.90. The highest BCUT2D eigenvalue weighted by Crippen LogP contribution is 2.46. The number of aryl methyl sites for hydroxylation is 2. The Balaban J connectivity index is 2.25. The monoisotopic (exact) mass is 413 g/mol. The van der Waals surface area contributed by atoms with Crippen LogP contribution in [-0.2, 0) is 14.8 Å². The van der Waals surface area contributed by atoms with Gasteiger partial charge >= 0.3 is 5.97 Å². The van der Waals surface area contributed by atoms with Gasteiger partial charge in [-0.15, -0.1) is 0 Å². The first-order valence-electron chi connectivity index (χ1n) is 9.54. The predicted molar refractivity (Wildman–Crippen MR) is 113 cm³/mol. The van der Waals surface area contributed by atoms with Gasteiger partial charge in [-0.25, -0.2) is 13.2 Å². The highest BCUT2D eigenvalue weighted by Gasteiger charge is 2.49. The van der Waals surface area contributed by atoms with Crippen molar-refractivity contribution in [3.05, 3.63) is 76.9 Å². The van der Waals surface area contributed by atoms with Gasteiger partial charge in [0.2, 0.25) is 10.0 Å². The lowest BCUT2D eigenvalue weighted by molar-refractivity contribution is -0.133. The van der Waals surface area contributed by atoms with Gasteiger partial charge in [0.1, 0.15) is 0 Å². The summed E-state index contributed by atoms with van der Waals surface area (Å²) in [4.78, 5) is 12.3. The molecule has 29 heavy (non-hydrogen) atoms. The lowest BCUT2D eigenvalue weighted by Gasteiger charge is -2.37. The maximum absolute atomic E-state index is 13.7. The van der Waals surface area contributed by atoms with E-state index in [9.17, 15) is 18.3 Å². The summed E-state index contributed by atoms with van der Waals surface area (Å²) in [5.74, 6) is -1.10. The highest BCUT2D eigenvalue weighted by atomic mass is 32.2. The minimum atomic E-state index is -3.95. The van der Waals surface area contributed by atoms with Crippen molar-refractivity contribution in [3.63, 3.8) is 0 Å². The number of carboxylic acid groups (broad SMARTS) is 1. The summed E-state index contributed by atoms with van der Waals surface area (Å²) >= 11 is 0. The summed E-state index contributed by atoms with van der Waals surface area (Å²) in [6, 6.07) is 12.6. The second kappa shape index (κ2) is 7.43. The van der Waals surface area contributed by atoms with E-state index in [1.807, 2.05) is 52.8 Å². The second-order valence-electron chi connectivity index (χ2n) is 8.70. The van der Waals surface area contributed by atoms with Crippen molar-refractivity contribution in [3.8, 4) is 0 Å². The fourth-order valence-corrected chi connectivity index (χ4v) is 5.65. The Kier molecular flexibility index (Phi) is 5.45. The van der Waals surface area contributed by atoms with E-state index in [-0.39, 0.29) is 10.5 Å². The molecule has 1 aliphatic rings. The van der Waals surface area contributed by atoms with Crippen molar-refractivity contribution >= 4 is 16.0 Å². The van der Waals surface area contributed by atoms with Crippen LogP contribution in [0, 0.1) is 19.3 Å². The molecule has 0 saturated carbocycles. The lowest BCUT2D eigenvalue weighted by atomic mass is 9.87. The SMILES string of the molecule is Cc1ccc(S(=O)(=O)N2[C@@H](c3cccc(C)c3)C(C(=O)O)=C[C@H]2C(C)(C)C)cc1. The van der Waals surface area contributed by atoms with Gasteiger partial charge in [0.25, 0.3) is 0 Å². The third-order valence-electron chi connectivity index (χ3n) is 5.25. The van der Waals surface area contributed by atoms with E-state index in [1.165, 1.54) is 4.31 Å². The Morgan fingerprint density at radius 1 is 1.00 bits per heavy atom. The maximum Gasteiger partial charge on any atom is 0.333 e. The molecule has 2 atom stereocenters. The molecule has 154 valence electrons. The van der Waals surface area contributed by atoms with E-state index in [1.54, 1.807) is 36.4 Å². The second-order valence-corrected chi connectivity index (χ2v) is 10.5. The van der Waals surface area contributed by atoms with Gasteiger partial charge < -0.3 is 5.11 Å². The van der Waals surface area contributed by atoms with E-state index < -0.39 is 33.5 Å². The average Bonchev–Trinajstić information content (AvgIpc) is 3.04. The highest BCUT2D eigenvalue weighted by molar-refractivity contribution is 7.89. The summed E-state index contributed by atoms with van der Waals surface area (Å²) in [6.07, 6.45) is 1.60. The molecule has 0 bridgehead atoms. The molecule has 1 N–H and O–H groups in total. The topological polar surface area (TPSA) is 74.7 Å². The van der Waals surface area contributed by atoms with Crippen LogP contribution in [0.1, 0.15) is 43.5 Å². The average molecular weight is 414 g/mol. The first kappa shape index (κ1) is 21.3. The molecule has 6 heteroatoms. The van der Waals surface area contributed by atoms with Crippen molar-refractivity contribution in [2.45, 2.75) is 51.6 Å². The first-order valence-corrected chi connectivity index (χ1v) is 11.0. The van der Waals surface area contributed by atoms with Gasteiger partial charge in [-0.3, -0.25) is 0 Å². The largest absolute Gasteiger partial charge is 0.478 e. The van der Waals surface area contributed by atoms with E-state index in [2.05, 4.69) is 0 Å². The number of hydrogen-bond acceptors (Lipinski definition) is 3. The van der Waals surface area contributed by atoms with Crippen LogP contribution in [0.4, 0.5) is 0 Å². The van der Waals surface area contributed by atoms with Crippen molar-refractivity contribution in [1.82, 2.24) is 4.31 Å². The first-order chi connectivity index (χ1) is 13.4. The van der Waals surface area contributed by atoms with Gasteiger partial charge in [0.05, 0.1) is 16.5 Å². The molecule has 1 aliphatic heterocycles. The molecule has 0 saturated heterocycles. The van der Waals surface area contributed by atoms with E-state index in [0.29, 0.717) is 5.56 Å². The van der Waals surface area contributed by atoms with Gasteiger partial charge in [-0.05, 0) is 37.0 Å². The minimum Gasteiger partial charge on any atom is -0.478 e. The fraction of sp³-hybridized carbons (Fsp3) is 0.348. The van der Waals surface area contributed by atoms with Crippen molar-refractivity contribution in [1.29, 1.82) is 0 Å². The number of hydrogen-bond donors (Lipinski definition) is 1. The summed E-state index contributed by atoms with van der Waals surface area (Å²) < 4.78 is 28.8. The zero-order valence-corrected chi connectivity index (χ0v) is 18.2. The fourth-order valence-electron chi connectivity index (χ4n) is 3.74. The minimum absolute atomic E-state index is 0.0891. The number of carbonyl (C=O) groups is 1. The van der Waals surface area contributed by atoms with Gasteiger partial charge in [0.15, 0.2) is 0 Å². The van der Waals surface area contributed by atoms with Gasteiger partial charge in [-0.1, -0.05) is 74.4 Å². The van der Waals surface area contributed by atoms with E-state index in [4.69, 9.17) is 0 Å². The normalized spacial score (nSPS) is 20.5. The van der Waals surface area contributed by atoms with Crippen LogP contribution in [0.15, 0.2) is 65.1 Å².